The predicted molar refractivity (Wildman–Crippen MR) is 120 cm³/mol. The predicted octanol–water partition coefficient (Wildman–Crippen LogP) is 5.28. The van der Waals surface area contributed by atoms with Crippen LogP contribution in [0.2, 0.25) is 0 Å². The lowest BCUT2D eigenvalue weighted by molar-refractivity contribution is 0.102. The average Bonchev–Trinajstić information content (AvgIpc) is 3.29. The molecule has 1 heterocycles. The fraction of sp³-hybridized carbons (Fsp3) is 0. The summed E-state index contributed by atoms with van der Waals surface area (Å²) in [4.78, 5) is 25.5. The van der Waals surface area contributed by atoms with Crippen LogP contribution in [0, 0.1) is 5.82 Å². The van der Waals surface area contributed by atoms with Gasteiger partial charge in [-0.15, -0.1) is 0 Å². The summed E-state index contributed by atoms with van der Waals surface area (Å²) in [5.74, 6) is -1.37. The first-order chi connectivity index (χ1) is 15.0. The van der Waals surface area contributed by atoms with Crippen molar-refractivity contribution in [2.75, 3.05) is 10.6 Å². The van der Waals surface area contributed by atoms with Crippen LogP contribution >= 0.6 is 15.9 Å². The number of hydrogen-bond acceptors (Lipinski definition) is 3. The number of carbonyl (C=O) groups is 2. The Bertz CT molecular complexity index is 1260. The Morgan fingerprint density at radius 1 is 0.871 bits per heavy atom. The largest absolute Gasteiger partial charge is 0.322 e. The highest BCUT2D eigenvalue weighted by Crippen LogP contribution is 2.22. The van der Waals surface area contributed by atoms with Gasteiger partial charge >= 0.3 is 0 Å². The van der Waals surface area contributed by atoms with E-state index in [4.69, 9.17) is 0 Å². The minimum atomic E-state index is -0.531. The molecule has 0 unspecified atom stereocenters. The van der Waals surface area contributed by atoms with Crippen molar-refractivity contribution in [1.82, 2.24) is 9.78 Å². The van der Waals surface area contributed by atoms with Gasteiger partial charge in [0, 0.05) is 22.6 Å². The summed E-state index contributed by atoms with van der Waals surface area (Å²) in [6.07, 6.45) is 3.18. The second-order valence-electron chi connectivity index (χ2n) is 6.55. The van der Waals surface area contributed by atoms with Crippen molar-refractivity contribution in [3.63, 3.8) is 0 Å². The van der Waals surface area contributed by atoms with Crippen LogP contribution in [0.3, 0.4) is 0 Å². The summed E-state index contributed by atoms with van der Waals surface area (Å²) in [7, 11) is 0. The SMILES string of the molecule is O=C(Nc1ccccc1C(=O)Nc1ccc(-n2cccn2)c(F)c1)c1ccccc1Br. The van der Waals surface area contributed by atoms with Crippen LogP contribution in [0.25, 0.3) is 5.69 Å². The van der Waals surface area contributed by atoms with Crippen molar-refractivity contribution < 1.29 is 14.0 Å². The number of nitrogens with zero attached hydrogens (tertiary/aromatic N) is 2. The fourth-order valence-corrected chi connectivity index (χ4v) is 3.47. The van der Waals surface area contributed by atoms with Gasteiger partial charge in [-0.2, -0.15) is 5.10 Å². The molecule has 3 aromatic carbocycles. The number of amides is 2. The molecule has 2 amide bonds. The molecule has 4 aromatic rings. The van der Waals surface area contributed by atoms with E-state index in [9.17, 15) is 14.0 Å². The maximum Gasteiger partial charge on any atom is 0.257 e. The monoisotopic (exact) mass is 478 g/mol. The molecule has 0 fully saturated rings. The van der Waals surface area contributed by atoms with Gasteiger partial charge in [-0.3, -0.25) is 9.59 Å². The summed E-state index contributed by atoms with van der Waals surface area (Å²) in [6.45, 7) is 0. The molecule has 0 aliphatic heterocycles. The van der Waals surface area contributed by atoms with E-state index < -0.39 is 11.7 Å². The molecule has 0 aliphatic rings. The molecule has 0 spiro atoms. The Morgan fingerprint density at radius 2 is 1.58 bits per heavy atom. The van der Waals surface area contributed by atoms with E-state index in [0.29, 0.717) is 15.7 Å². The van der Waals surface area contributed by atoms with Crippen molar-refractivity contribution in [2.45, 2.75) is 0 Å². The summed E-state index contributed by atoms with van der Waals surface area (Å²) in [5.41, 5.74) is 1.58. The van der Waals surface area contributed by atoms with E-state index in [1.165, 1.54) is 16.8 Å². The Hall–Kier alpha value is -3.78. The molecule has 4 rings (SSSR count). The van der Waals surface area contributed by atoms with E-state index in [1.54, 1.807) is 73.1 Å². The average molecular weight is 479 g/mol. The molecule has 31 heavy (non-hydrogen) atoms. The molecule has 0 radical (unpaired) electrons. The van der Waals surface area contributed by atoms with Crippen LogP contribution in [0.15, 0.2) is 89.7 Å². The van der Waals surface area contributed by atoms with Gasteiger partial charge in [0.2, 0.25) is 0 Å². The maximum atomic E-state index is 14.5. The number of aromatic nitrogens is 2. The highest BCUT2D eigenvalue weighted by Gasteiger charge is 2.16. The summed E-state index contributed by atoms with van der Waals surface area (Å²) in [6, 6.07) is 19.6. The number of carbonyl (C=O) groups excluding carboxylic acids is 2. The zero-order chi connectivity index (χ0) is 21.8. The van der Waals surface area contributed by atoms with Gasteiger partial charge in [-0.1, -0.05) is 24.3 Å². The molecule has 2 N–H and O–H groups in total. The van der Waals surface area contributed by atoms with Crippen molar-refractivity contribution in [3.05, 3.63) is 107 Å². The quantitative estimate of drug-likeness (QED) is 0.409. The van der Waals surface area contributed by atoms with Gasteiger partial charge in [-0.05, 0) is 64.5 Å². The molecular formula is C23H16BrFN4O2. The number of rotatable bonds is 5. The third kappa shape index (κ3) is 4.54. The Balaban J connectivity index is 1.54. The van der Waals surface area contributed by atoms with Gasteiger partial charge in [0.25, 0.3) is 11.8 Å². The Kier molecular flexibility index (Phi) is 5.90. The van der Waals surface area contributed by atoms with Crippen LogP contribution in [-0.4, -0.2) is 21.6 Å². The minimum absolute atomic E-state index is 0.250. The smallest absolute Gasteiger partial charge is 0.257 e. The molecule has 0 bridgehead atoms. The lowest BCUT2D eigenvalue weighted by Gasteiger charge is -2.13. The number of halogens is 2. The molecule has 0 saturated carbocycles. The number of nitrogens with one attached hydrogen (secondary N) is 2. The first-order valence-corrected chi connectivity index (χ1v) is 10.1. The van der Waals surface area contributed by atoms with E-state index in [1.807, 2.05) is 0 Å². The third-order valence-corrected chi connectivity index (χ3v) is 5.19. The van der Waals surface area contributed by atoms with Crippen molar-refractivity contribution in [2.24, 2.45) is 0 Å². The first kappa shape index (κ1) is 20.5. The lowest BCUT2D eigenvalue weighted by Crippen LogP contribution is -2.18. The summed E-state index contributed by atoms with van der Waals surface area (Å²) < 4.78 is 16.5. The van der Waals surface area contributed by atoms with Gasteiger partial charge < -0.3 is 10.6 Å². The van der Waals surface area contributed by atoms with E-state index in [-0.39, 0.29) is 22.8 Å². The Morgan fingerprint density at radius 3 is 2.29 bits per heavy atom. The van der Waals surface area contributed by atoms with E-state index in [2.05, 4.69) is 31.7 Å². The van der Waals surface area contributed by atoms with Crippen LogP contribution in [0.5, 0.6) is 0 Å². The van der Waals surface area contributed by atoms with Crippen molar-refractivity contribution >= 4 is 39.1 Å². The van der Waals surface area contributed by atoms with Gasteiger partial charge in [0.15, 0.2) is 5.82 Å². The maximum absolute atomic E-state index is 14.5. The molecule has 1 aromatic heterocycles. The molecule has 154 valence electrons. The molecule has 8 heteroatoms. The third-order valence-electron chi connectivity index (χ3n) is 4.50. The topological polar surface area (TPSA) is 76.0 Å². The summed E-state index contributed by atoms with van der Waals surface area (Å²) in [5, 5.41) is 9.43. The summed E-state index contributed by atoms with van der Waals surface area (Å²) >= 11 is 3.35. The van der Waals surface area contributed by atoms with Crippen LogP contribution in [-0.2, 0) is 0 Å². The van der Waals surface area contributed by atoms with Crippen LogP contribution < -0.4 is 10.6 Å². The van der Waals surface area contributed by atoms with E-state index >= 15 is 0 Å². The molecule has 0 aliphatic carbocycles. The minimum Gasteiger partial charge on any atom is -0.322 e. The van der Waals surface area contributed by atoms with Crippen LogP contribution in [0.1, 0.15) is 20.7 Å². The number of para-hydroxylation sites is 1. The second-order valence-corrected chi connectivity index (χ2v) is 7.40. The number of benzene rings is 3. The second kappa shape index (κ2) is 8.93. The van der Waals surface area contributed by atoms with Gasteiger partial charge in [0.05, 0.1) is 16.8 Å². The highest BCUT2D eigenvalue weighted by molar-refractivity contribution is 9.10. The zero-order valence-electron chi connectivity index (χ0n) is 16.0. The zero-order valence-corrected chi connectivity index (χ0v) is 17.6. The molecular weight excluding hydrogens is 463 g/mol. The molecule has 0 atom stereocenters. The Labute approximate surface area is 185 Å². The highest BCUT2D eigenvalue weighted by atomic mass is 79.9. The van der Waals surface area contributed by atoms with Crippen molar-refractivity contribution in [3.8, 4) is 5.69 Å². The van der Waals surface area contributed by atoms with Gasteiger partial charge in [-0.25, -0.2) is 9.07 Å². The van der Waals surface area contributed by atoms with Crippen LogP contribution in [0.4, 0.5) is 15.8 Å². The fourth-order valence-electron chi connectivity index (χ4n) is 3.01. The molecule has 6 nitrogen and oxygen atoms in total. The lowest BCUT2D eigenvalue weighted by atomic mass is 10.1. The molecule has 0 saturated heterocycles. The standard InChI is InChI=1S/C23H16BrFN4O2/c24-18-8-3-1-6-16(18)22(30)28-20-9-4-2-7-17(20)23(31)27-15-10-11-21(19(25)14-15)29-13-5-12-26-29/h1-14H,(H,27,31)(H,28,30). The number of hydrogen-bond donors (Lipinski definition) is 2. The first-order valence-electron chi connectivity index (χ1n) is 9.29. The van der Waals surface area contributed by atoms with Crippen molar-refractivity contribution in [1.29, 1.82) is 0 Å². The van der Waals surface area contributed by atoms with E-state index in [0.717, 1.165) is 0 Å². The normalized spacial score (nSPS) is 10.5. The number of anilines is 2. The van der Waals surface area contributed by atoms with Gasteiger partial charge in [0.1, 0.15) is 5.69 Å².